The predicted molar refractivity (Wildman–Crippen MR) is 128 cm³/mol. The van der Waals surface area contributed by atoms with Gasteiger partial charge in [0.15, 0.2) is 0 Å². The molecule has 0 amide bonds. The molecule has 0 heterocycles. The van der Waals surface area contributed by atoms with E-state index in [0.29, 0.717) is 28.9 Å². The van der Waals surface area contributed by atoms with E-state index in [-0.39, 0.29) is 11.4 Å². The van der Waals surface area contributed by atoms with E-state index in [1.165, 1.54) is 12.1 Å². The van der Waals surface area contributed by atoms with E-state index >= 15 is 0 Å². The first-order valence-corrected chi connectivity index (χ1v) is 10.2. The van der Waals surface area contributed by atoms with Crippen molar-refractivity contribution < 1.29 is 9.85 Å². The fraction of sp³-hybridized carbons (Fsp3) is 0.0400. The standard InChI is InChI=1S/C25H20N4O4/c30-28(31)24-16-18(11-13-22(24)26-20-7-3-1-4-8-20)15-19-12-14-23(25(17-19)29(32)33)27-21-9-5-2-6-10-21/h1-14,16-17,26-27H,15H2. The van der Waals surface area contributed by atoms with Crippen LogP contribution < -0.4 is 10.6 Å². The van der Waals surface area contributed by atoms with Crippen molar-refractivity contribution in [3.05, 3.63) is 128 Å². The smallest absolute Gasteiger partial charge is 0.292 e. The zero-order chi connectivity index (χ0) is 23.2. The molecule has 4 rings (SSSR count). The average Bonchev–Trinajstić information content (AvgIpc) is 2.82. The molecule has 164 valence electrons. The fourth-order valence-electron chi connectivity index (χ4n) is 3.48. The zero-order valence-corrected chi connectivity index (χ0v) is 17.5. The Kier molecular flexibility index (Phi) is 6.26. The first kappa shape index (κ1) is 21.5. The van der Waals surface area contributed by atoms with Crippen LogP contribution in [0, 0.1) is 20.2 Å². The van der Waals surface area contributed by atoms with Crippen LogP contribution in [-0.4, -0.2) is 9.85 Å². The zero-order valence-electron chi connectivity index (χ0n) is 17.5. The van der Waals surface area contributed by atoms with Gasteiger partial charge < -0.3 is 10.6 Å². The molecule has 0 spiro atoms. The highest BCUT2D eigenvalue weighted by Gasteiger charge is 2.18. The lowest BCUT2D eigenvalue weighted by atomic mass is 10.0. The minimum absolute atomic E-state index is 0.0618. The maximum absolute atomic E-state index is 11.6. The first-order valence-electron chi connectivity index (χ1n) is 10.2. The minimum atomic E-state index is -0.440. The summed E-state index contributed by atoms with van der Waals surface area (Å²) in [5.74, 6) is 0. The molecular formula is C25H20N4O4. The minimum Gasteiger partial charge on any atom is -0.350 e. The van der Waals surface area contributed by atoms with Crippen molar-refractivity contribution in [3.63, 3.8) is 0 Å². The molecule has 0 fully saturated rings. The van der Waals surface area contributed by atoms with E-state index in [1.54, 1.807) is 24.3 Å². The molecule has 0 bridgehead atoms. The van der Waals surface area contributed by atoms with Crippen LogP contribution in [0.25, 0.3) is 0 Å². The number of hydrogen-bond donors (Lipinski definition) is 2. The first-order chi connectivity index (χ1) is 16.0. The third kappa shape index (κ3) is 5.31. The SMILES string of the molecule is O=[N+]([O-])c1cc(Cc2ccc(Nc3ccccc3)c([N+](=O)[O-])c2)ccc1Nc1ccccc1. The van der Waals surface area contributed by atoms with Gasteiger partial charge in [0.1, 0.15) is 11.4 Å². The molecule has 0 aromatic heterocycles. The number of rotatable bonds is 8. The summed E-state index contributed by atoms with van der Waals surface area (Å²) < 4.78 is 0. The largest absolute Gasteiger partial charge is 0.350 e. The van der Waals surface area contributed by atoms with Gasteiger partial charge in [0, 0.05) is 23.5 Å². The summed E-state index contributed by atoms with van der Waals surface area (Å²) in [6.07, 6.45) is 0.318. The van der Waals surface area contributed by atoms with Crippen LogP contribution >= 0.6 is 0 Å². The number of hydrogen-bond acceptors (Lipinski definition) is 6. The van der Waals surface area contributed by atoms with Gasteiger partial charge >= 0.3 is 0 Å². The fourth-order valence-corrected chi connectivity index (χ4v) is 3.48. The summed E-state index contributed by atoms with van der Waals surface area (Å²) in [7, 11) is 0. The molecule has 8 nitrogen and oxygen atoms in total. The molecule has 8 heteroatoms. The summed E-state index contributed by atoms with van der Waals surface area (Å²) >= 11 is 0. The van der Waals surface area contributed by atoms with Crippen LogP contribution in [0.15, 0.2) is 97.1 Å². The van der Waals surface area contributed by atoms with Crippen molar-refractivity contribution in [2.75, 3.05) is 10.6 Å². The third-order valence-electron chi connectivity index (χ3n) is 5.03. The van der Waals surface area contributed by atoms with Crippen LogP contribution in [0.2, 0.25) is 0 Å². The molecule has 0 saturated heterocycles. The Morgan fingerprint density at radius 1 is 0.576 bits per heavy atom. The average molecular weight is 440 g/mol. The molecule has 0 radical (unpaired) electrons. The molecule has 0 aliphatic heterocycles. The van der Waals surface area contributed by atoms with E-state index in [0.717, 1.165) is 11.4 Å². The molecule has 0 aliphatic rings. The van der Waals surface area contributed by atoms with Crippen molar-refractivity contribution >= 4 is 34.1 Å². The lowest BCUT2D eigenvalue weighted by Crippen LogP contribution is -2.00. The second-order valence-electron chi connectivity index (χ2n) is 7.38. The van der Waals surface area contributed by atoms with Gasteiger partial charge in [0.2, 0.25) is 0 Å². The number of benzene rings is 4. The van der Waals surface area contributed by atoms with Crippen LogP contribution in [-0.2, 0) is 6.42 Å². The van der Waals surface area contributed by atoms with Crippen LogP contribution in [0.3, 0.4) is 0 Å². The molecule has 33 heavy (non-hydrogen) atoms. The number of nitro groups is 2. The Morgan fingerprint density at radius 3 is 1.33 bits per heavy atom. The Labute approximate surface area is 189 Å². The summed E-state index contributed by atoms with van der Waals surface area (Å²) in [4.78, 5) is 22.4. The van der Waals surface area contributed by atoms with E-state index in [1.807, 2.05) is 60.7 Å². The van der Waals surface area contributed by atoms with E-state index < -0.39 is 9.85 Å². The molecule has 0 atom stereocenters. The molecule has 0 aliphatic carbocycles. The van der Waals surface area contributed by atoms with Gasteiger partial charge in [0.05, 0.1) is 9.85 Å². The lowest BCUT2D eigenvalue weighted by Gasteiger charge is -2.10. The number of anilines is 4. The van der Waals surface area contributed by atoms with Gasteiger partial charge in [-0.3, -0.25) is 20.2 Å². The van der Waals surface area contributed by atoms with Gasteiger partial charge in [-0.1, -0.05) is 48.5 Å². The number of nitrogens with zero attached hydrogens (tertiary/aromatic N) is 2. The Bertz CT molecular complexity index is 1190. The molecule has 2 N–H and O–H groups in total. The maximum Gasteiger partial charge on any atom is 0.292 e. The summed E-state index contributed by atoms with van der Waals surface area (Å²) in [6, 6.07) is 28.2. The van der Waals surface area contributed by atoms with Crippen molar-refractivity contribution in [2.45, 2.75) is 6.42 Å². The summed E-state index contributed by atoms with van der Waals surface area (Å²) in [5.41, 5.74) is 3.47. The number of para-hydroxylation sites is 2. The van der Waals surface area contributed by atoms with Gasteiger partial charge in [-0.15, -0.1) is 0 Å². The molecule has 0 saturated carbocycles. The normalized spacial score (nSPS) is 10.4. The Hall–Kier alpha value is -4.72. The van der Waals surface area contributed by atoms with Crippen molar-refractivity contribution in [2.24, 2.45) is 0 Å². The van der Waals surface area contributed by atoms with Gasteiger partial charge in [-0.2, -0.15) is 0 Å². The van der Waals surface area contributed by atoms with Gasteiger partial charge in [-0.05, 0) is 53.9 Å². The van der Waals surface area contributed by atoms with Gasteiger partial charge in [-0.25, -0.2) is 0 Å². The molecule has 0 unspecified atom stereocenters. The van der Waals surface area contributed by atoms with E-state index in [9.17, 15) is 20.2 Å². The highest BCUT2D eigenvalue weighted by molar-refractivity contribution is 5.71. The topological polar surface area (TPSA) is 110 Å². The van der Waals surface area contributed by atoms with Crippen LogP contribution in [0.1, 0.15) is 11.1 Å². The number of nitro benzene ring substituents is 2. The van der Waals surface area contributed by atoms with Crippen LogP contribution in [0.4, 0.5) is 34.1 Å². The summed E-state index contributed by atoms with van der Waals surface area (Å²) in [5, 5.41) is 29.4. The quantitative estimate of drug-likeness (QED) is 0.236. The molecular weight excluding hydrogens is 420 g/mol. The van der Waals surface area contributed by atoms with E-state index in [4.69, 9.17) is 0 Å². The third-order valence-corrected chi connectivity index (χ3v) is 5.03. The van der Waals surface area contributed by atoms with Crippen molar-refractivity contribution in [1.29, 1.82) is 0 Å². The second kappa shape index (κ2) is 9.61. The summed E-state index contributed by atoms with van der Waals surface area (Å²) in [6.45, 7) is 0. The van der Waals surface area contributed by atoms with Gasteiger partial charge in [0.25, 0.3) is 11.4 Å². The second-order valence-corrected chi connectivity index (χ2v) is 7.38. The van der Waals surface area contributed by atoms with Crippen molar-refractivity contribution in [3.8, 4) is 0 Å². The lowest BCUT2D eigenvalue weighted by molar-refractivity contribution is -0.384. The monoisotopic (exact) mass is 440 g/mol. The highest BCUT2D eigenvalue weighted by atomic mass is 16.6. The maximum atomic E-state index is 11.6. The molecule has 4 aromatic rings. The predicted octanol–water partition coefficient (Wildman–Crippen LogP) is 6.58. The Balaban J connectivity index is 1.59. The van der Waals surface area contributed by atoms with Crippen molar-refractivity contribution in [1.82, 2.24) is 0 Å². The van der Waals surface area contributed by atoms with E-state index in [2.05, 4.69) is 10.6 Å². The Morgan fingerprint density at radius 2 is 0.970 bits per heavy atom. The number of nitrogens with one attached hydrogen (secondary N) is 2. The molecule has 4 aromatic carbocycles. The highest BCUT2D eigenvalue weighted by Crippen LogP contribution is 2.32. The van der Waals surface area contributed by atoms with Crippen LogP contribution in [0.5, 0.6) is 0 Å².